The van der Waals surface area contributed by atoms with E-state index in [4.69, 9.17) is 25.8 Å². The minimum absolute atomic E-state index is 0.173. The molecule has 0 radical (unpaired) electrons. The predicted molar refractivity (Wildman–Crippen MR) is 96.8 cm³/mol. The number of benzene rings is 2. The molecule has 0 unspecified atom stereocenters. The van der Waals surface area contributed by atoms with Crippen molar-refractivity contribution in [2.75, 3.05) is 20.3 Å². The van der Waals surface area contributed by atoms with Gasteiger partial charge >= 0.3 is 0 Å². The van der Waals surface area contributed by atoms with Gasteiger partial charge in [0.1, 0.15) is 17.2 Å². The van der Waals surface area contributed by atoms with E-state index in [1.807, 2.05) is 6.92 Å². The highest BCUT2D eigenvalue weighted by Crippen LogP contribution is 2.22. The van der Waals surface area contributed by atoms with Crippen LogP contribution in [-0.4, -0.2) is 32.4 Å². The molecule has 2 aromatic rings. The summed E-state index contributed by atoms with van der Waals surface area (Å²) in [6, 6.07) is 12.2. The van der Waals surface area contributed by atoms with Gasteiger partial charge in [0.15, 0.2) is 6.61 Å². The summed E-state index contributed by atoms with van der Waals surface area (Å²) in [7, 11) is 1.57. The maximum atomic E-state index is 11.8. The predicted octanol–water partition coefficient (Wildman–Crippen LogP) is 3.28. The van der Waals surface area contributed by atoms with Crippen LogP contribution in [0.3, 0.4) is 0 Å². The topological polar surface area (TPSA) is 69.2 Å². The highest BCUT2D eigenvalue weighted by molar-refractivity contribution is 6.30. The van der Waals surface area contributed by atoms with Crippen molar-refractivity contribution >= 4 is 23.7 Å². The number of nitrogens with one attached hydrogen (secondary N) is 1. The van der Waals surface area contributed by atoms with Crippen molar-refractivity contribution < 1.29 is 19.0 Å². The van der Waals surface area contributed by atoms with E-state index in [1.54, 1.807) is 49.6 Å². The van der Waals surface area contributed by atoms with E-state index >= 15 is 0 Å². The Morgan fingerprint density at radius 3 is 2.76 bits per heavy atom. The van der Waals surface area contributed by atoms with Gasteiger partial charge in [0.05, 0.1) is 19.9 Å². The van der Waals surface area contributed by atoms with Crippen molar-refractivity contribution in [3.63, 3.8) is 0 Å². The molecule has 0 aliphatic carbocycles. The summed E-state index contributed by atoms with van der Waals surface area (Å²) in [6.45, 7) is 2.24. The van der Waals surface area contributed by atoms with E-state index in [-0.39, 0.29) is 6.61 Å². The number of hydrogen-bond acceptors (Lipinski definition) is 5. The maximum absolute atomic E-state index is 11.8. The van der Waals surface area contributed by atoms with Crippen molar-refractivity contribution in [2.45, 2.75) is 6.92 Å². The van der Waals surface area contributed by atoms with E-state index in [0.29, 0.717) is 34.4 Å². The third-order valence-corrected chi connectivity index (χ3v) is 3.31. The van der Waals surface area contributed by atoms with Crippen LogP contribution < -0.4 is 19.6 Å². The molecular formula is C18H19ClN2O4. The van der Waals surface area contributed by atoms with Crippen molar-refractivity contribution in [2.24, 2.45) is 5.10 Å². The molecule has 0 aliphatic rings. The number of hydrazone groups is 1. The number of carbonyl (C=O) groups is 1. The Balaban J connectivity index is 1.92. The SMILES string of the molecule is CCOc1ccc(OC)cc1/C=N/NC(=O)COc1cccc(Cl)c1. The minimum Gasteiger partial charge on any atom is -0.497 e. The molecule has 25 heavy (non-hydrogen) atoms. The molecule has 1 N–H and O–H groups in total. The van der Waals surface area contributed by atoms with Crippen molar-refractivity contribution in [1.82, 2.24) is 5.43 Å². The molecule has 0 aromatic heterocycles. The lowest BCUT2D eigenvalue weighted by molar-refractivity contribution is -0.123. The van der Waals surface area contributed by atoms with Gasteiger partial charge in [-0.3, -0.25) is 4.79 Å². The summed E-state index contributed by atoms with van der Waals surface area (Å²) in [6.07, 6.45) is 1.49. The standard InChI is InChI=1S/C18H19ClN2O4/c1-3-24-17-8-7-15(23-2)9-13(17)11-20-21-18(22)12-25-16-6-4-5-14(19)10-16/h4-11H,3,12H2,1-2H3,(H,21,22)/b20-11+. The van der Waals surface area contributed by atoms with E-state index in [9.17, 15) is 4.79 Å². The molecule has 0 aliphatic heterocycles. The molecule has 0 saturated heterocycles. The smallest absolute Gasteiger partial charge is 0.277 e. The van der Waals surface area contributed by atoms with Crippen molar-refractivity contribution in [1.29, 1.82) is 0 Å². The molecular weight excluding hydrogens is 344 g/mol. The van der Waals surface area contributed by atoms with Gasteiger partial charge < -0.3 is 14.2 Å². The van der Waals surface area contributed by atoms with Crippen LogP contribution in [0.15, 0.2) is 47.6 Å². The average Bonchev–Trinajstić information content (AvgIpc) is 2.61. The van der Waals surface area contributed by atoms with Crippen LogP contribution >= 0.6 is 11.6 Å². The molecule has 7 heteroatoms. The number of carbonyl (C=O) groups excluding carboxylic acids is 1. The molecule has 0 heterocycles. The van der Waals surface area contributed by atoms with Crippen LogP contribution in [0.25, 0.3) is 0 Å². The summed E-state index contributed by atoms with van der Waals surface area (Å²) < 4.78 is 16.0. The van der Waals surface area contributed by atoms with E-state index < -0.39 is 5.91 Å². The normalized spacial score (nSPS) is 10.5. The second kappa shape index (κ2) is 9.54. The Kier molecular flexibility index (Phi) is 7.10. The summed E-state index contributed by atoms with van der Waals surface area (Å²) in [5, 5.41) is 4.46. The first-order valence-electron chi connectivity index (χ1n) is 7.63. The van der Waals surface area contributed by atoms with Gasteiger partial charge in [0, 0.05) is 10.6 Å². The number of amides is 1. The fraction of sp³-hybridized carbons (Fsp3) is 0.222. The molecule has 132 valence electrons. The Bertz CT molecular complexity index is 750. The lowest BCUT2D eigenvalue weighted by Gasteiger charge is -2.09. The molecule has 0 saturated carbocycles. The minimum atomic E-state index is -0.392. The number of rotatable bonds is 8. The third-order valence-electron chi connectivity index (χ3n) is 3.08. The quantitative estimate of drug-likeness (QED) is 0.578. The zero-order chi connectivity index (χ0) is 18.1. The largest absolute Gasteiger partial charge is 0.497 e. The molecule has 6 nitrogen and oxygen atoms in total. The van der Waals surface area contributed by atoms with Gasteiger partial charge in [0.2, 0.25) is 0 Å². The van der Waals surface area contributed by atoms with E-state index in [1.165, 1.54) is 6.21 Å². The second-order valence-electron chi connectivity index (χ2n) is 4.88. The zero-order valence-electron chi connectivity index (χ0n) is 14.0. The van der Waals surface area contributed by atoms with Crippen LogP contribution in [-0.2, 0) is 4.79 Å². The maximum Gasteiger partial charge on any atom is 0.277 e. The Labute approximate surface area is 151 Å². The van der Waals surface area contributed by atoms with Crippen LogP contribution in [0, 0.1) is 0 Å². The first-order chi connectivity index (χ1) is 12.1. The van der Waals surface area contributed by atoms with Gasteiger partial charge in [-0.2, -0.15) is 5.10 Å². The molecule has 1 amide bonds. The van der Waals surface area contributed by atoms with Gasteiger partial charge in [-0.1, -0.05) is 17.7 Å². The fourth-order valence-electron chi connectivity index (χ4n) is 1.95. The number of nitrogens with zero attached hydrogens (tertiary/aromatic N) is 1. The lowest BCUT2D eigenvalue weighted by atomic mass is 10.2. The Hall–Kier alpha value is -2.73. The van der Waals surface area contributed by atoms with Gasteiger partial charge in [-0.05, 0) is 43.3 Å². The molecule has 0 atom stereocenters. The summed E-state index contributed by atoms with van der Waals surface area (Å²) >= 11 is 5.85. The first-order valence-corrected chi connectivity index (χ1v) is 8.01. The van der Waals surface area contributed by atoms with Crippen molar-refractivity contribution in [3.05, 3.63) is 53.1 Å². The summed E-state index contributed by atoms with van der Waals surface area (Å²) in [4.78, 5) is 11.8. The summed E-state index contributed by atoms with van der Waals surface area (Å²) in [5.41, 5.74) is 3.09. The molecule has 0 spiro atoms. The number of hydrogen-bond donors (Lipinski definition) is 1. The van der Waals surface area contributed by atoms with Crippen LogP contribution in [0.4, 0.5) is 0 Å². The first kappa shape index (κ1) is 18.6. The van der Waals surface area contributed by atoms with Crippen LogP contribution in [0.5, 0.6) is 17.2 Å². The fourth-order valence-corrected chi connectivity index (χ4v) is 2.13. The summed E-state index contributed by atoms with van der Waals surface area (Å²) in [5.74, 6) is 1.44. The number of methoxy groups -OCH3 is 1. The lowest BCUT2D eigenvalue weighted by Crippen LogP contribution is -2.24. The second-order valence-corrected chi connectivity index (χ2v) is 5.31. The van der Waals surface area contributed by atoms with E-state index in [0.717, 1.165) is 0 Å². The van der Waals surface area contributed by atoms with Gasteiger partial charge in [-0.15, -0.1) is 0 Å². The Morgan fingerprint density at radius 1 is 1.20 bits per heavy atom. The highest BCUT2D eigenvalue weighted by atomic mass is 35.5. The highest BCUT2D eigenvalue weighted by Gasteiger charge is 2.05. The Morgan fingerprint density at radius 2 is 2.04 bits per heavy atom. The average molecular weight is 363 g/mol. The van der Waals surface area contributed by atoms with Crippen LogP contribution in [0.2, 0.25) is 5.02 Å². The molecule has 0 bridgehead atoms. The van der Waals surface area contributed by atoms with E-state index in [2.05, 4.69) is 10.5 Å². The number of halogens is 1. The van der Waals surface area contributed by atoms with Gasteiger partial charge in [0.25, 0.3) is 5.91 Å². The zero-order valence-corrected chi connectivity index (χ0v) is 14.7. The van der Waals surface area contributed by atoms with Gasteiger partial charge in [-0.25, -0.2) is 5.43 Å². The molecule has 2 aromatic carbocycles. The van der Waals surface area contributed by atoms with Crippen LogP contribution in [0.1, 0.15) is 12.5 Å². The monoisotopic (exact) mass is 362 g/mol. The molecule has 2 rings (SSSR count). The van der Waals surface area contributed by atoms with Crippen molar-refractivity contribution in [3.8, 4) is 17.2 Å². The molecule has 0 fully saturated rings. The third kappa shape index (κ3) is 6.00. The number of ether oxygens (including phenoxy) is 3.